The van der Waals surface area contributed by atoms with E-state index < -0.39 is 32.3 Å². The maximum atomic E-state index is 13.2. The number of nitrogens with one attached hydrogen (secondary N) is 1. The first-order valence-corrected chi connectivity index (χ1v) is 9.76. The Labute approximate surface area is 159 Å². The third-order valence-corrected chi connectivity index (χ3v) is 6.11. The summed E-state index contributed by atoms with van der Waals surface area (Å²) < 4.78 is 52.5. The third-order valence-electron chi connectivity index (χ3n) is 4.21. The maximum absolute atomic E-state index is 13.2. The standard InChI is InChI=1S/C17H16F2N4O4S/c18-14-5-3-12(9-15(14)19)11-20-21-16-6-4-13(10-17(16)23(24)25)28(26,27)22-7-1-2-8-22/h3-6,9-11,21H,1-2,7-8H2/b20-11+. The van der Waals surface area contributed by atoms with Crippen molar-refractivity contribution in [2.45, 2.75) is 17.7 Å². The fourth-order valence-electron chi connectivity index (χ4n) is 2.76. The lowest BCUT2D eigenvalue weighted by atomic mass is 10.2. The number of rotatable bonds is 6. The minimum atomic E-state index is -3.80. The summed E-state index contributed by atoms with van der Waals surface area (Å²) in [5, 5.41) is 15.1. The van der Waals surface area contributed by atoms with Gasteiger partial charge in [-0.1, -0.05) is 6.07 Å². The molecule has 1 fully saturated rings. The van der Waals surface area contributed by atoms with Gasteiger partial charge in [0.1, 0.15) is 5.69 Å². The molecule has 0 aromatic heterocycles. The van der Waals surface area contributed by atoms with Crippen LogP contribution in [0.15, 0.2) is 46.4 Å². The Morgan fingerprint density at radius 3 is 2.46 bits per heavy atom. The highest BCUT2D eigenvalue weighted by molar-refractivity contribution is 7.89. The molecule has 1 aliphatic rings. The summed E-state index contributed by atoms with van der Waals surface area (Å²) in [6, 6.07) is 6.60. The molecular weight excluding hydrogens is 394 g/mol. The van der Waals surface area contributed by atoms with E-state index in [0.29, 0.717) is 13.1 Å². The van der Waals surface area contributed by atoms with E-state index in [2.05, 4.69) is 10.5 Å². The van der Waals surface area contributed by atoms with Crippen LogP contribution in [0.2, 0.25) is 0 Å². The summed E-state index contributed by atoms with van der Waals surface area (Å²) in [5.41, 5.74) is 2.16. The van der Waals surface area contributed by atoms with E-state index in [-0.39, 0.29) is 16.1 Å². The first kappa shape index (κ1) is 19.8. The van der Waals surface area contributed by atoms with E-state index in [1.54, 1.807) is 0 Å². The molecular formula is C17H16F2N4O4S. The predicted octanol–water partition coefficient (Wildman–Crippen LogP) is 3.10. The molecule has 8 nitrogen and oxygen atoms in total. The molecule has 1 aliphatic heterocycles. The van der Waals surface area contributed by atoms with E-state index in [0.717, 1.165) is 37.3 Å². The van der Waals surface area contributed by atoms with Gasteiger partial charge >= 0.3 is 0 Å². The van der Waals surface area contributed by atoms with Crippen LogP contribution < -0.4 is 5.43 Å². The number of benzene rings is 2. The molecule has 0 amide bonds. The Morgan fingerprint density at radius 1 is 1.11 bits per heavy atom. The zero-order chi connectivity index (χ0) is 20.3. The van der Waals surface area contributed by atoms with Gasteiger partial charge in [-0.05, 0) is 42.7 Å². The van der Waals surface area contributed by atoms with Crippen LogP contribution in [0.1, 0.15) is 18.4 Å². The van der Waals surface area contributed by atoms with Crippen molar-refractivity contribution in [3.05, 3.63) is 63.7 Å². The normalized spacial score (nSPS) is 15.2. The smallest absolute Gasteiger partial charge is 0.272 e. The summed E-state index contributed by atoms with van der Waals surface area (Å²) in [6.45, 7) is 0.767. The first-order chi connectivity index (χ1) is 13.3. The van der Waals surface area contributed by atoms with E-state index >= 15 is 0 Å². The fraction of sp³-hybridized carbons (Fsp3) is 0.235. The minimum absolute atomic E-state index is 0.0378. The molecule has 3 rings (SSSR count). The highest BCUT2D eigenvalue weighted by Gasteiger charge is 2.29. The molecule has 28 heavy (non-hydrogen) atoms. The van der Waals surface area contributed by atoms with Crippen LogP contribution in [0.5, 0.6) is 0 Å². The molecule has 1 heterocycles. The molecule has 0 aliphatic carbocycles. The van der Waals surface area contributed by atoms with Gasteiger partial charge in [-0.15, -0.1) is 0 Å². The number of hydrogen-bond acceptors (Lipinski definition) is 6. The highest BCUT2D eigenvalue weighted by atomic mass is 32.2. The second-order valence-corrected chi connectivity index (χ2v) is 8.03. The molecule has 0 radical (unpaired) electrons. The second kappa shape index (κ2) is 7.98. The number of nitro benzene ring substituents is 1. The van der Waals surface area contributed by atoms with Gasteiger partial charge in [-0.3, -0.25) is 15.5 Å². The quantitative estimate of drug-likeness (QED) is 0.448. The Kier molecular flexibility index (Phi) is 5.66. The van der Waals surface area contributed by atoms with Gasteiger partial charge in [0.15, 0.2) is 11.6 Å². The van der Waals surface area contributed by atoms with Crippen molar-refractivity contribution >= 4 is 27.6 Å². The van der Waals surface area contributed by atoms with Crippen LogP contribution in [0.25, 0.3) is 0 Å². The summed E-state index contributed by atoms with van der Waals surface area (Å²) in [4.78, 5) is 10.5. The monoisotopic (exact) mass is 410 g/mol. The lowest BCUT2D eigenvalue weighted by Crippen LogP contribution is -2.27. The number of nitro groups is 1. The van der Waals surface area contributed by atoms with E-state index in [4.69, 9.17) is 0 Å². The summed E-state index contributed by atoms with van der Waals surface area (Å²) in [7, 11) is -3.80. The molecule has 0 saturated carbocycles. The van der Waals surface area contributed by atoms with Crippen LogP contribution in [-0.4, -0.2) is 37.0 Å². The van der Waals surface area contributed by atoms with Gasteiger partial charge in [0, 0.05) is 19.2 Å². The SMILES string of the molecule is O=[N+]([O-])c1cc(S(=O)(=O)N2CCCC2)ccc1N/N=C/c1ccc(F)c(F)c1. The van der Waals surface area contributed by atoms with Crippen molar-refractivity contribution in [1.82, 2.24) is 4.31 Å². The van der Waals surface area contributed by atoms with Gasteiger partial charge < -0.3 is 0 Å². The molecule has 0 atom stereocenters. The molecule has 0 unspecified atom stereocenters. The number of halogens is 2. The Morgan fingerprint density at radius 2 is 1.82 bits per heavy atom. The van der Waals surface area contributed by atoms with Crippen LogP contribution in [0.3, 0.4) is 0 Å². The van der Waals surface area contributed by atoms with Gasteiger partial charge in [0.05, 0.1) is 16.0 Å². The van der Waals surface area contributed by atoms with E-state index in [1.807, 2.05) is 0 Å². The summed E-state index contributed by atoms with van der Waals surface area (Å²) >= 11 is 0. The first-order valence-electron chi connectivity index (χ1n) is 8.32. The lowest BCUT2D eigenvalue weighted by molar-refractivity contribution is -0.384. The zero-order valence-electron chi connectivity index (χ0n) is 14.5. The molecule has 1 N–H and O–H groups in total. The van der Waals surface area contributed by atoms with Gasteiger partial charge in [0.25, 0.3) is 5.69 Å². The van der Waals surface area contributed by atoms with Gasteiger partial charge in [-0.2, -0.15) is 9.41 Å². The topological polar surface area (TPSA) is 105 Å². The largest absolute Gasteiger partial charge is 0.295 e. The van der Waals surface area contributed by atoms with Crippen LogP contribution in [0, 0.1) is 21.7 Å². The maximum Gasteiger partial charge on any atom is 0.295 e. The van der Waals surface area contributed by atoms with Crippen molar-refractivity contribution in [3.63, 3.8) is 0 Å². The van der Waals surface area contributed by atoms with E-state index in [1.165, 1.54) is 22.5 Å². The average Bonchev–Trinajstić information content (AvgIpc) is 3.20. The van der Waals surface area contributed by atoms with Gasteiger partial charge in [-0.25, -0.2) is 17.2 Å². The molecule has 0 bridgehead atoms. The fourth-order valence-corrected chi connectivity index (χ4v) is 4.30. The molecule has 1 saturated heterocycles. The number of hydrogen-bond donors (Lipinski definition) is 1. The van der Waals surface area contributed by atoms with Crippen molar-refractivity contribution < 1.29 is 22.1 Å². The zero-order valence-corrected chi connectivity index (χ0v) is 15.3. The third kappa shape index (κ3) is 4.15. The van der Waals surface area contributed by atoms with Crippen molar-refractivity contribution in [2.75, 3.05) is 18.5 Å². The molecule has 0 spiro atoms. The number of hydrazone groups is 1. The Hall–Kier alpha value is -2.92. The van der Waals surface area contributed by atoms with Crippen molar-refractivity contribution in [3.8, 4) is 0 Å². The molecule has 11 heteroatoms. The van der Waals surface area contributed by atoms with Crippen molar-refractivity contribution in [2.24, 2.45) is 5.10 Å². The van der Waals surface area contributed by atoms with Crippen LogP contribution in [-0.2, 0) is 10.0 Å². The summed E-state index contributed by atoms with van der Waals surface area (Å²) in [6.07, 6.45) is 2.65. The number of anilines is 1. The summed E-state index contributed by atoms with van der Waals surface area (Å²) in [5.74, 6) is -2.05. The number of sulfonamides is 1. The van der Waals surface area contributed by atoms with Crippen molar-refractivity contribution in [1.29, 1.82) is 0 Å². The predicted molar refractivity (Wildman–Crippen MR) is 98.7 cm³/mol. The van der Waals surface area contributed by atoms with Crippen LogP contribution >= 0.6 is 0 Å². The second-order valence-electron chi connectivity index (χ2n) is 6.09. The van der Waals surface area contributed by atoms with Gasteiger partial charge in [0.2, 0.25) is 10.0 Å². The average molecular weight is 410 g/mol. The molecule has 2 aromatic rings. The minimum Gasteiger partial charge on any atom is -0.272 e. The van der Waals surface area contributed by atoms with E-state index in [9.17, 15) is 27.3 Å². The highest BCUT2D eigenvalue weighted by Crippen LogP contribution is 2.30. The number of nitrogens with zero attached hydrogens (tertiary/aromatic N) is 3. The molecule has 148 valence electrons. The Bertz CT molecular complexity index is 1040. The lowest BCUT2D eigenvalue weighted by Gasteiger charge is -2.15. The Balaban J connectivity index is 1.84. The van der Waals surface area contributed by atoms with Crippen LogP contribution in [0.4, 0.5) is 20.2 Å². The molecule has 2 aromatic carbocycles.